The Balaban J connectivity index is 1.58. The van der Waals surface area contributed by atoms with Crippen LogP contribution in [0.25, 0.3) is 5.69 Å². The Hall–Kier alpha value is -2.86. The summed E-state index contributed by atoms with van der Waals surface area (Å²) in [7, 11) is 0. The van der Waals surface area contributed by atoms with E-state index in [2.05, 4.69) is 10.3 Å². The summed E-state index contributed by atoms with van der Waals surface area (Å²) >= 11 is 0. The number of aliphatic hydroxyl groups excluding tert-OH is 1. The first-order valence-electron chi connectivity index (χ1n) is 7.74. The highest BCUT2D eigenvalue weighted by Gasteiger charge is 2.17. The fourth-order valence-corrected chi connectivity index (χ4v) is 2.49. The molecule has 2 N–H and O–H groups in total. The predicted octanol–water partition coefficient (Wildman–Crippen LogP) is 2.71. The molecule has 0 aliphatic heterocycles. The maximum absolute atomic E-state index is 12.3. The molecule has 2 heterocycles. The third kappa shape index (κ3) is 3.72. The monoisotopic (exact) mass is 325 g/mol. The van der Waals surface area contributed by atoms with Gasteiger partial charge in [-0.05, 0) is 43.3 Å². The van der Waals surface area contributed by atoms with E-state index in [1.54, 1.807) is 36.8 Å². The minimum absolute atomic E-state index is 0.175. The molecule has 0 radical (unpaired) electrons. The van der Waals surface area contributed by atoms with E-state index in [-0.39, 0.29) is 11.9 Å². The Morgan fingerprint density at radius 3 is 2.75 bits per heavy atom. The van der Waals surface area contributed by atoms with Gasteiger partial charge in [-0.15, -0.1) is 0 Å². The van der Waals surface area contributed by atoms with E-state index in [1.165, 1.54) is 6.26 Å². The Bertz CT molecular complexity index is 764. The molecule has 0 aliphatic rings. The minimum atomic E-state index is -0.737. The van der Waals surface area contributed by atoms with Gasteiger partial charge in [-0.1, -0.05) is 0 Å². The van der Waals surface area contributed by atoms with Gasteiger partial charge in [-0.25, -0.2) is 4.98 Å². The summed E-state index contributed by atoms with van der Waals surface area (Å²) in [6.45, 7) is 1.85. The fourth-order valence-electron chi connectivity index (χ4n) is 2.49. The molecule has 0 fully saturated rings. The molecule has 2 atom stereocenters. The topological polar surface area (TPSA) is 80.3 Å². The van der Waals surface area contributed by atoms with Crippen molar-refractivity contribution in [3.8, 4) is 5.69 Å². The molecule has 0 saturated carbocycles. The van der Waals surface area contributed by atoms with Gasteiger partial charge in [0.1, 0.15) is 11.9 Å². The Morgan fingerprint density at radius 2 is 2.12 bits per heavy atom. The number of furan rings is 1. The van der Waals surface area contributed by atoms with Crippen molar-refractivity contribution < 1.29 is 14.3 Å². The van der Waals surface area contributed by atoms with Crippen LogP contribution in [0, 0.1) is 0 Å². The standard InChI is InChI=1S/C18H19N3O3/c1-13(11-16(22)17-3-2-10-24-17)20-18(23)14-4-6-15(7-5-14)21-9-8-19-12-21/h2-10,12-13,16,22H,11H2,1H3,(H,20,23). The number of nitrogens with zero attached hydrogens (tertiary/aromatic N) is 2. The number of imidazole rings is 1. The van der Waals surface area contributed by atoms with Crippen molar-refractivity contribution in [3.63, 3.8) is 0 Å². The Kier molecular flexibility index (Phi) is 4.77. The van der Waals surface area contributed by atoms with Crippen LogP contribution in [0.15, 0.2) is 65.8 Å². The molecule has 24 heavy (non-hydrogen) atoms. The van der Waals surface area contributed by atoms with Crippen LogP contribution in [0.1, 0.15) is 35.6 Å². The molecular weight excluding hydrogens is 306 g/mol. The second kappa shape index (κ2) is 7.14. The first kappa shape index (κ1) is 16.0. The molecule has 6 nitrogen and oxygen atoms in total. The van der Waals surface area contributed by atoms with Gasteiger partial charge in [-0.2, -0.15) is 0 Å². The van der Waals surface area contributed by atoms with E-state index < -0.39 is 6.10 Å². The highest BCUT2D eigenvalue weighted by atomic mass is 16.4. The highest BCUT2D eigenvalue weighted by Crippen LogP contribution is 2.18. The summed E-state index contributed by atoms with van der Waals surface area (Å²) in [5.41, 5.74) is 1.50. The quantitative estimate of drug-likeness (QED) is 0.730. The van der Waals surface area contributed by atoms with Crippen LogP contribution in [0.3, 0.4) is 0 Å². The van der Waals surface area contributed by atoms with Gasteiger partial charge < -0.3 is 19.4 Å². The van der Waals surface area contributed by atoms with Crippen molar-refractivity contribution in [1.82, 2.24) is 14.9 Å². The van der Waals surface area contributed by atoms with E-state index in [0.717, 1.165) is 5.69 Å². The normalized spacial score (nSPS) is 13.4. The molecule has 6 heteroatoms. The first-order valence-corrected chi connectivity index (χ1v) is 7.74. The number of nitrogens with one attached hydrogen (secondary N) is 1. The summed E-state index contributed by atoms with van der Waals surface area (Å²) in [4.78, 5) is 16.3. The van der Waals surface area contributed by atoms with Crippen molar-refractivity contribution in [3.05, 3.63) is 72.7 Å². The van der Waals surface area contributed by atoms with E-state index in [1.807, 2.05) is 29.8 Å². The number of amides is 1. The van der Waals surface area contributed by atoms with E-state index in [4.69, 9.17) is 4.42 Å². The van der Waals surface area contributed by atoms with Crippen molar-refractivity contribution >= 4 is 5.91 Å². The first-order chi connectivity index (χ1) is 11.6. The lowest BCUT2D eigenvalue weighted by Gasteiger charge is -2.17. The van der Waals surface area contributed by atoms with Crippen molar-refractivity contribution in [2.75, 3.05) is 0 Å². The van der Waals surface area contributed by atoms with E-state index >= 15 is 0 Å². The summed E-state index contributed by atoms with van der Waals surface area (Å²) in [6, 6.07) is 10.5. The number of rotatable bonds is 6. The number of hydrogen-bond acceptors (Lipinski definition) is 4. The van der Waals surface area contributed by atoms with E-state index in [0.29, 0.717) is 17.7 Å². The molecule has 0 spiro atoms. The summed E-state index contributed by atoms with van der Waals surface area (Å²) in [5.74, 6) is 0.326. The van der Waals surface area contributed by atoms with Gasteiger partial charge in [0.05, 0.1) is 12.6 Å². The number of aromatic nitrogens is 2. The van der Waals surface area contributed by atoms with Gasteiger partial charge in [0.25, 0.3) is 5.91 Å². The predicted molar refractivity (Wildman–Crippen MR) is 88.8 cm³/mol. The minimum Gasteiger partial charge on any atom is -0.467 e. The number of carbonyl (C=O) groups is 1. The van der Waals surface area contributed by atoms with Crippen molar-refractivity contribution in [1.29, 1.82) is 0 Å². The lowest BCUT2D eigenvalue weighted by atomic mass is 10.1. The number of aliphatic hydroxyl groups is 1. The van der Waals surface area contributed by atoms with Crippen LogP contribution in [-0.4, -0.2) is 26.6 Å². The molecular formula is C18H19N3O3. The molecule has 124 valence electrons. The van der Waals surface area contributed by atoms with Crippen LogP contribution in [0.2, 0.25) is 0 Å². The molecule has 3 rings (SSSR count). The van der Waals surface area contributed by atoms with Gasteiger partial charge >= 0.3 is 0 Å². The lowest BCUT2D eigenvalue weighted by Crippen LogP contribution is -2.33. The average Bonchev–Trinajstić information content (AvgIpc) is 3.28. The van der Waals surface area contributed by atoms with Gasteiger partial charge in [0.15, 0.2) is 0 Å². The zero-order chi connectivity index (χ0) is 16.9. The smallest absolute Gasteiger partial charge is 0.251 e. The third-order valence-electron chi connectivity index (χ3n) is 3.76. The fraction of sp³-hybridized carbons (Fsp3) is 0.222. The number of carbonyl (C=O) groups excluding carboxylic acids is 1. The van der Waals surface area contributed by atoms with Crippen molar-refractivity contribution in [2.24, 2.45) is 0 Å². The second-order valence-corrected chi connectivity index (χ2v) is 5.66. The molecule has 0 bridgehead atoms. The maximum Gasteiger partial charge on any atom is 0.251 e. The van der Waals surface area contributed by atoms with E-state index in [9.17, 15) is 9.90 Å². The highest BCUT2D eigenvalue weighted by molar-refractivity contribution is 5.94. The molecule has 1 amide bonds. The van der Waals surface area contributed by atoms with Crippen LogP contribution < -0.4 is 5.32 Å². The molecule has 0 aliphatic carbocycles. The maximum atomic E-state index is 12.3. The zero-order valence-electron chi connectivity index (χ0n) is 13.3. The van der Waals surface area contributed by atoms with Gasteiger partial charge in [0.2, 0.25) is 0 Å². The van der Waals surface area contributed by atoms with Crippen LogP contribution in [0.5, 0.6) is 0 Å². The number of benzene rings is 1. The summed E-state index contributed by atoms with van der Waals surface area (Å²) in [5, 5.41) is 12.9. The van der Waals surface area contributed by atoms with Gasteiger partial charge in [0, 0.05) is 36.1 Å². The lowest BCUT2D eigenvalue weighted by molar-refractivity contribution is 0.0903. The van der Waals surface area contributed by atoms with Crippen LogP contribution in [0.4, 0.5) is 0 Å². The van der Waals surface area contributed by atoms with Gasteiger partial charge in [-0.3, -0.25) is 4.79 Å². The average molecular weight is 325 g/mol. The molecule has 3 aromatic rings. The summed E-state index contributed by atoms with van der Waals surface area (Å²) < 4.78 is 7.03. The molecule has 1 aromatic carbocycles. The number of hydrogen-bond donors (Lipinski definition) is 2. The largest absolute Gasteiger partial charge is 0.467 e. The zero-order valence-corrected chi connectivity index (χ0v) is 13.3. The molecule has 2 aromatic heterocycles. The Morgan fingerprint density at radius 1 is 1.33 bits per heavy atom. The Labute approximate surface area is 139 Å². The third-order valence-corrected chi connectivity index (χ3v) is 3.76. The molecule has 2 unspecified atom stereocenters. The van der Waals surface area contributed by atoms with Crippen LogP contribution >= 0.6 is 0 Å². The van der Waals surface area contributed by atoms with Crippen LogP contribution in [-0.2, 0) is 0 Å². The van der Waals surface area contributed by atoms with Crippen molar-refractivity contribution in [2.45, 2.75) is 25.5 Å². The molecule has 0 saturated heterocycles. The summed E-state index contributed by atoms with van der Waals surface area (Å²) in [6.07, 6.45) is 6.40. The SMILES string of the molecule is CC(CC(O)c1ccco1)NC(=O)c1ccc(-n2ccnc2)cc1. The second-order valence-electron chi connectivity index (χ2n) is 5.66.